The van der Waals surface area contributed by atoms with Crippen LogP contribution < -0.4 is 0 Å². The summed E-state index contributed by atoms with van der Waals surface area (Å²) in [5, 5.41) is 9.99. The Balaban J connectivity index is 2.09. The van der Waals surface area contributed by atoms with Gasteiger partial charge in [0.2, 0.25) is 0 Å². The molecule has 0 radical (unpaired) electrons. The second kappa shape index (κ2) is 3.10. The lowest BCUT2D eigenvalue weighted by Crippen LogP contribution is -2.11. The van der Waals surface area contributed by atoms with Crippen molar-refractivity contribution in [3.05, 3.63) is 40.1 Å². The fraction of sp³-hybridized carbons (Fsp3) is 0.250. The maximum Gasteiger partial charge on any atom is 0.343 e. The van der Waals surface area contributed by atoms with Crippen molar-refractivity contribution in [1.29, 1.82) is 0 Å². The number of aliphatic hydroxyl groups excluding tert-OH is 1. The molecule has 0 amide bonds. The SMILES string of the molecule is O=C1OC2(CC2)C(O)=C1c1ccc(Br)cc1. The summed E-state index contributed by atoms with van der Waals surface area (Å²) in [6, 6.07) is 7.25. The summed E-state index contributed by atoms with van der Waals surface area (Å²) in [6.45, 7) is 0. The Labute approximate surface area is 101 Å². The molecule has 1 heterocycles. The lowest BCUT2D eigenvalue weighted by molar-refractivity contribution is -0.140. The van der Waals surface area contributed by atoms with Crippen LogP contribution in [0.25, 0.3) is 5.57 Å². The number of hydrogen-bond donors (Lipinski definition) is 1. The molecule has 2 aliphatic rings. The van der Waals surface area contributed by atoms with E-state index < -0.39 is 11.6 Å². The molecule has 16 heavy (non-hydrogen) atoms. The first kappa shape index (κ1) is 9.90. The van der Waals surface area contributed by atoms with Gasteiger partial charge in [-0.05, 0) is 30.5 Å². The van der Waals surface area contributed by atoms with Crippen molar-refractivity contribution in [3.63, 3.8) is 0 Å². The first-order valence-corrected chi connectivity index (χ1v) is 5.85. The first-order valence-electron chi connectivity index (χ1n) is 5.05. The van der Waals surface area contributed by atoms with E-state index >= 15 is 0 Å². The Hall–Kier alpha value is -1.29. The molecule has 1 spiro atoms. The van der Waals surface area contributed by atoms with Gasteiger partial charge in [0.15, 0.2) is 11.4 Å². The largest absolute Gasteiger partial charge is 0.507 e. The van der Waals surface area contributed by atoms with E-state index in [2.05, 4.69) is 15.9 Å². The second-order valence-electron chi connectivity index (χ2n) is 4.11. The zero-order chi connectivity index (χ0) is 11.3. The minimum atomic E-state index is -0.681. The van der Waals surface area contributed by atoms with Crippen LogP contribution >= 0.6 is 15.9 Å². The number of carbonyl (C=O) groups is 1. The van der Waals surface area contributed by atoms with Crippen LogP contribution in [-0.2, 0) is 9.53 Å². The van der Waals surface area contributed by atoms with Gasteiger partial charge in [-0.3, -0.25) is 0 Å². The third kappa shape index (κ3) is 1.29. The van der Waals surface area contributed by atoms with E-state index in [4.69, 9.17) is 4.74 Å². The Morgan fingerprint density at radius 3 is 2.38 bits per heavy atom. The molecular formula is C12H9BrO3. The van der Waals surface area contributed by atoms with Gasteiger partial charge in [-0.15, -0.1) is 0 Å². The van der Waals surface area contributed by atoms with E-state index in [0.717, 1.165) is 17.3 Å². The minimum absolute atomic E-state index is 0.0971. The molecule has 1 fully saturated rings. The summed E-state index contributed by atoms with van der Waals surface area (Å²) >= 11 is 3.32. The van der Waals surface area contributed by atoms with E-state index in [1.165, 1.54) is 0 Å². The molecule has 0 aromatic heterocycles. The third-order valence-electron chi connectivity index (χ3n) is 3.00. The average Bonchev–Trinajstić information content (AvgIpc) is 2.97. The quantitative estimate of drug-likeness (QED) is 0.805. The molecule has 0 atom stereocenters. The van der Waals surface area contributed by atoms with Crippen LogP contribution in [0.2, 0.25) is 0 Å². The molecule has 3 nitrogen and oxygen atoms in total. The normalized spacial score (nSPS) is 21.4. The van der Waals surface area contributed by atoms with E-state index in [1.807, 2.05) is 12.1 Å². The van der Waals surface area contributed by atoms with Crippen LogP contribution in [0.15, 0.2) is 34.5 Å². The molecule has 0 unspecified atom stereocenters. The summed E-state index contributed by atoms with van der Waals surface area (Å²) < 4.78 is 6.13. The summed E-state index contributed by atoms with van der Waals surface area (Å²) in [4.78, 5) is 11.7. The monoisotopic (exact) mass is 280 g/mol. The second-order valence-corrected chi connectivity index (χ2v) is 5.03. The molecule has 0 saturated heterocycles. The summed E-state index contributed by atoms with van der Waals surface area (Å²) in [5.41, 5.74) is 0.332. The summed E-state index contributed by atoms with van der Waals surface area (Å²) in [6.07, 6.45) is 1.45. The first-order chi connectivity index (χ1) is 7.62. The highest BCUT2D eigenvalue weighted by molar-refractivity contribution is 9.10. The molecule has 82 valence electrons. The molecule has 1 aromatic rings. The maximum atomic E-state index is 11.7. The van der Waals surface area contributed by atoms with Crippen molar-refractivity contribution in [3.8, 4) is 0 Å². The fourth-order valence-electron chi connectivity index (χ4n) is 1.92. The number of carbonyl (C=O) groups excluding carboxylic acids is 1. The fourth-order valence-corrected chi connectivity index (χ4v) is 2.19. The molecule has 1 saturated carbocycles. The van der Waals surface area contributed by atoms with Crippen molar-refractivity contribution < 1.29 is 14.6 Å². The standard InChI is InChI=1S/C12H9BrO3/c13-8-3-1-7(2-4-8)9-10(14)12(5-6-12)16-11(9)15/h1-4,14H,5-6H2. The summed E-state index contributed by atoms with van der Waals surface area (Å²) in [5.74, 6) is -0.322. The smallest absolute Gasteiger partial charge is 0.343 e. The highest BCUT2D eigenvalue weighted by atomic mass is 79.9. The van der Waals surface area contributed by atoms with Crippen LogP contribution in [0.3, 0.4) is 0 Å². The highest BCUT2D eigenvalue weighted by Gasteiger charge is 2.57. The molecule has 3 rings (SSSR count). The predicted molar refractivity (Wildman–Crippen MR) is 61.7 cm³/mol. The van der Waals surface area contributed by atoms with E-state index in [9.17, 15) is 9.90 Å². The van der Waals surface area contributed by atoms with Crippen LogP contribution in [0.1, 0.15) is 18.4 Å². The molecule has 1 aliphatic carbocycles. The summed E-state index contributed by atoms with van der Waals surface area (Å²) in [7, 11) is 0. The van der Waals surface area contributed by atoms with Crippen molar-refractivity contribution in [2.45, 2.75) is 18.4 Å². The van der Waals surface area contributed by atoms with Gasteiger partial charge in [-0.1, -0.05) is 28.1 Å². The Morgan fingerprint density at radius 2 is 1.88 bits per heavy atom. The Morgan fingerprint density at radius 1 is 1.25 bits per heavy atom. The number of esters is 1. The van der Waals surface area contributed by atoms with Crippen LogP contribution in [0.4, 0.5) is 0 Å². The van der Waals surface area contributed by atoms with Gasteiger partial charge in [0.25, 0.3) is 0 Å². The zero-order valence-corrected chi connectivity index (χ0v) is 9.95. The van der Waals surface area contributed by atoms with Crippen molar-refractivity contribution in [2.24, 2.45) is 0 Å². The van der Waals surface area contributed by atoms with Crippen molar-refractivity contribution in [1.82, 2.24) is 0 Å². The topological polar surface area (TPSA) is 46.5 Å². The van der Waals surface area contributed by atoms with Crippen molar-refractivity contribution >= 4 is 27.5 Å². The van der Waals surface area contributed by atoms with Gasteiger partial charge in [0, 0.05) is 4.47 Å². The van der Waals surface area contributed by atoms with E-state index in [0.29, 0.717) is 11.1 Å². The van der Waals surface area contributed by atoms with Crippen LogP contribution in [0.5, 0.6) is 0 Å². The molecule has 1 N–H and O–H groups in total. The molecule has 1 aliphatic heterocycles. The van der Waals surface area contributed by atoms with Crippen molar-refractivity contribution in [2.75, 3.05) is 0 Å². The minimum Gasteiger partial charge on any atom is -0.507 e. The van der Waals surface area contributed by atoms with Gasteiger partial charge in [0.05, 0.1) is 0 Å². The van der Waals surface area contributed by atoms with Gasteiger partial charge in [-0.25, -0.2) is 4.79 Å². The predicted octanol–water partition coefficient (Wildman–Crippen LogP) is 2.81. The zero-order valence-electron chi connectivity index (χ0n) is 8.37. The number of benzene rings is 1. The lowest BCUT2D eigenvalue weighted by Gasteiger charge is -2.04. The lowest BCUT2D eigenvalue weighted by atomic mass is 10.0. The van der Waals surface area contributed by atoms with Crippen LogP contribution in [-0.4, -0.2) is 16.7 Å². The number of aliphatic hydroxyl groups is 1. The maximum absolute atomic E-state index is 11.7. The van der Waals surface area contributed by atoms with Crippen LogP contribution in [0, 0.1) is 0 Å². The molecule has 4 heteroatoms. The third-order valence-corrected chi connectivity index (χ3v) is 3.53. The Bertz CT molecular complexity index is 498. The number of ether oxygens (including phenoxy) is 1. The molecule has 0 bridgehead atoms. The molecule has 1 aromatic carbocycles. The molecular weight excluding hydrogens is 272 g/mol. The van der Waals surface area contributed by atoms with Gasteiger partial charge < -0.3 is 9.84 Å². The number of halogens is 1. The van der Waals surface area contributed by atoms with Gasteiger partial charge >= 0.3 is 5.97 Å². The van der Waals surface area contributed by atoms with Gasteiger partial charge in [0.1, 0.15) is 5.57 Å². The Kier molecular flexibility index (Phi) is 1.92. The van der Waals surface area contributed by atoms with E-state index in [-0.39, 0.29) is 5.76 Å². The van der Waals surface area contributed by atoms with Gasteiger partial charge in [-0.2, -0.15) is 0 Å². The number of hydrogen-bond acceptors (Lipinski definition) is 3. The average molecular weight is 281 g/mol. The van der Waals surface area contributed by atoms with E-state index in [1.54, 1.807) is 12.1 Å². The highest BCUT2D eigenvalue weighted by Crippen LogP contribution is 2.52. The number of rotatable bonds is 1.